The summed E-state index contributed by atoms with van der Waals surface area (Å²) in [5.41, 5.74) is 1.03. The average molecular weight is 353 g/mol. The first-order valence-corrected chi connectivity index (χ1v) is 9.74. The quantitative estimate of drug-likeness (QED) is 0.831. The van der Waals surface area contributed by atoms with Crippen LogP contribution in [0.5, 0.6) is 0 Å². The number of hydrogen-bond donors (Lipinski definition) is 1. The van der Waals surface area contributed by atoms with Gasteiger partial charge in [-0.1, -0.05) is 17.7 Å². The zero-order chi connectivity index (χ0) is 17.7. The molecule has 0 aromatic heterocycles. The second-order valence-corrected chi connectivity index (χ2v) is 8.52. The normalized spacial score (nSPS) is 17.2. The van der Waals surface area contributed by atoms with Crippen molar-refractivity contribution in [3.63, 3.8) is 0 Å². The number of benzene rings is 1. The van der Waals surface area contributed by atoms with Crippen molar-refractivity contribution in [3.05, 3.63) is 29.8 Å². The van der Waals surface area contributed by atoms with Gasteiger partial charge in [-0.15, -0.1) is 0 Å². The van der Waals surface area contributed by atoms with Gasteiger partial charge in [-0.05, 0) is 46.0 Å². The summed E-state index contributed by atoms with van der Waals surface area (Å²) in [5, 5.41) is 2.93. The van der Waals surface area contributed by atoms with E-state index in [9.17, 15) is 13.2 Å². The van der Waals surface area contributed by atoms with Crippen molar-refractivity contribution in [3.8, 4) is 0 Å². The molecule has 0 unspecified atom stereocenters. The minimum atomic E-state index is -3.46. The van der Waals surface area contributed by atoms with Gasteiger partial charge in [-0.3, -0.25) is 4.79 Å². The summed E-state index contributed by atoms with van der Waals surface area (Å²) in [7, 11) is 0.457. The molecule has 1 aliphatic rings. The maximum atomic E-state index is 12.6. The van der Waals surface area contributed by atoms with E-state index in [-0.39, 0.29) is 11.8 Å². The maximum Gasteiger partial charge on any atom is 0.243 e. The van der Waals surface area contributed by atoms with Crippen LogP contribution in [-0.2, 0) is 14.8 Å². The van der Waals surface area contributed by atoms with Gasteiger partial charge in [0.1, 0.15) is 0 Å². The molecular formula is C17H27N3O3S. The zero-order valence-electron chi connectivity index (χ0n) is 14.7. The first-order valence-electron chi connectivity index (χ1n) is 8.30. The Morgan fingerprint density at radius 2 is 1.79 bits per heavy atom. The van der Waals surface area contributed by atoms with Gasteiger partial charge in [0.15, 0.2) is 0 Å². The third-order valence-electron chi connectivity index (χ3n) is 4.34. The van der Waals surface area contributed by atoms with Gasteiger partial charge in [0, 0.05) is 32.1 Å². The first-order chi connectivity index (χ1) is 11.3. The predicted molar refractivity (Wildman–Crippen MR) is 94.2 cm³/mol. The summed E-state index contributed by atoms with van der Waals surface area (Å²) in [4.78, 5) is 14.5. The predicted octanol–water partition coefficient (Wildman–Crippen LogP) is 1.07. The van der Waals surface area contributed by atoms with Crippen LogP contribution in [0.2, 0.25) is 0 Å². The van der Waals surface area contributed by atoms with Crippen LogP contribution in [0.3, 0.4) is 0 Å². The second kappa shape index (κ2) is 8.09. The molecule has 1 N–H and O–H groups in total. The zero-order valence-corrected chi connectivity index (χ0v) is 15.5. The molecule has 0 atom stereocenters. The number of rotatable bonds is 6. The minimum absolute atomic E-state index is 0.0317. The summed E-state index contributed by atoms with van der Waals surface area (Å²) >= 11 is 0. The number of likely N-dealkylation sites (N-methyl/N-ethyl adjacent to an activating group) is 1. The summed E-state index contributed by atoms with van der Waals surface area (Å²) < 4.78 is 26.8. The van der Waals surface area contributed by atoms with Crippen LogP contribution in [0.1, 0.15) is 18.4 Å². The van der Waals surface area contributed by atoms with Crippen molar-refractivity contribution in [2.45, 2.75) is 24.7 Å². The van der Waals surface area contributed by atoms with Gasteiger partial charge in [0.05, 0.1) is 4.90 Å². The topological polar surface area (TPSA) is 69.7 Å². The third-order valence-corrected chi connectivity index (χ3v) is 6.25. The summed E-state index contributed by atoms with van der Waals surface area (Å²) in [5.74, 6) is -0.0686. The van der Waals surface area contributed by atoms with E-state index >= 15 is 0 Å². The fourth-order valence-corrected chi connectivity index (χ4v) is 4.23. The highest BCUT2D eigenvalue weighted by atomic mass is 32.2. The van der Waals surface area contributed by atoms with E-state index in [2.05, 4.69) is 5.32 Å². The Bertz CT molecular complexity index is 648. The average Bonchev–Trinajstić information content (AvgIpc) is 2.55. The number of amides is 1. The van der Waals surface area contributed by atoms with Crippen molar-refractivity contribution in [1.82, 2.24) is 14.5 Å². The molecule has 6 nitrogen and oxygen atoms in total. The molecule has 1 aromatic carbocycles. The largest absolute Gasteiger partial charge is 0.355 e. The van der Waals surface area contributed by atoms with E-state index in [1.807, 2.05) is 25.9 Å². The lowest BCUT2D eigenvalue weighted by Crippen LogP contribution is -2.43. The van der Waals surface area contributed by atoms with Crippen LogP contribution in [-0.4, -0.2) is 63.8 Å². The Labute approximate surface area is 144 Å². The van der Waals surface area contributed by atoms with E-state index in [4.69, 9.17) is 0 Å². The molecular weight excluding hydrogens is 326 g/mol. The van der Waals surface area contributed by atoms with Crippen LogP contribution < -0.4 is 5.32 Å². The Hall–Kier alpha value is -1.44. The Morgan fingerprint density at radius 3 is 2.33 bits per heavy atom. The highest BCUT2D eigenvalue weighted by Gasteiger charge is 2.31. The monoisotopic (exact) mass is 353 g/mol. The lowest BCUT2D eigenvalue weighted by Gasteiger charge is -2.30. The molecule has 0 aliphatic carbocycles. The molecule has 0 radical (unpaired) electrons. The summed E-state index contributed by atoms with van der Waals surface area (Å²) in [6, 6.07) is 6.89. The number of carbonyl (C=O) groups excluding carboxylic acids is 1. The Morgan fingerprint density at radius 1 is 1.21 bits per heavy atom. The van der Waals surface area contributed by atoms with E-state index in [0.717, 1.165) is 12.1 Å². The highest BCUT2D eigenvalue weighted by Crippen LogP contribution is 2.24. The molecule has 1 amide bonds. The van der Waals surface area contributed by atoms with Crippen LogP contribution in [0.15, 0.2) is 29.2 Å². The number of carbonyl (C=O) groups is 1. The summed E-state index contributed by atoms with van der Waals surface area (Å²) in [6.45, 7) is 4.13. The second-order valence-electron chi connectivity index (χ2n) is 6.59. The Kier molecular flexibility index (Phi) is 6.37. The van der Waals surface area contributed by atoms with Gasteiger partial charge in [-0.2, -0.15) is 4.31 Å². The molecule has 0 saturated carbocycles. The number of aryl methyl sites for hydroxylation is 1. The van der Waals surface area contributed by atoms with Crippen LogP contribution >= 0.6 is 0 Å². The standard InChI is InChI=1S/C17H27N3O3S/c1-14-4-6-16(7-5-14)24(22,23)20-11-8-15(9-12-20)17(21)18-10-13-19(2)3/h4-7,15H,8-13H2,1-3H3,(H,18,21). The van der Waals surface area contributed by atoms with Gasteiger partial charge in [-0.25, -0.2) is 8.42 Å². The van der Waals surface area contributed by atoms with E-state index in [1.54, 1.807) is 24.3 Å². The fourth-order valence-electron chi connectivity index (χ4n) is 2.76. The smallest absolute Gasteiger partial charge is 0.243 e. The number of hydrogen-bond acceptors (Lipinski definition) is 4. The first kappa shape index (κ1) is 18.9. The Balaban J connectivity index is 1.90. The van der Waals surface area contributed by atoms with Gasteiger partial charge in [0.2, 0.25) is 15.9 Å². The molecule has 1 aliphatic heterocycles. The minimum Gasteiger partial charge on any atom is -0.355 e. The van der Waals surface area contributed by atoms with Gasteiger partial charge in [0.25, 0.3) is 0 Å². The van der Waals surface area contributed by atoms with E-state index in [1.165, 1.54) is 4.31 Å². The van der Waals surface area contributed by atoms with Crippen LogP contribution in [0.25, 0.3) is 0 Å². The van der Waals surface area contributed by atoms with Crippen molar-refractivity contribution in [2.75, 3.05) is 40.3 Å². The fraction of sp³-hybridized carbons (Fsp3) is 0.588. The molecule has 1 aromatic rings. The molecule has 1 fully saturated rings. The maximum absolute atomic E-state index is 12.6. The molecule has 1 saturated heterocycles. The molecule has 1 heterocycles. The highest BCUT2D eigenvalue weighted by molar-refractivity contribution is 7.89. The van der Waals surface area contributed by atoms with Crippen LogP contribution in [0.4, 0.5) is 0 Å². The van der Waals surface area contributed by atoms with E-state index in [0.29, 0.717) is 37.4 Å². The lowest BCUT2D eigenvalue weighted by molar-refractivity contribution is -0.126. The van der Waals surface area contributed by atoms with Gasteiger partial charge < -0.3 is 10.2 Å². The van der Waals surface area contributed by atoms with Crippen molar-refractivity contribution >= 4 is 15.9 Å². The van der Waals surface area contributed by atoms with Crippen molar-refractivity contribution in [2.24, 2.45) is 5.92 Å². The molecule has 134 valence electrons. The molecule has 24 heavy (non-hydrogen) atoms. The molecule has 0 spiro atoms. The number of piperidine rings is 1. The third kappa shape index (κ3) is 4.78. The summed E-state index contributed by atoms with van der Waals surface area (Å²) in [6.07, 6.45) is 1.14. The molecule has 7 heteroatoms. The van der Waals surface area contributed by atoms with E-state index < -0.39 is 10.0 Å². The van der Waals surface area contributed by atoms with Crippen LogP contribution in [0, 0.1) is 12.8 Å². The van der Waals surface area contributed by atoms with Crippen molar-refractivity contribution < 1.29 is 13.2 Å². The van der Waals surface area contributed by atoms with Crippen molar-refractivity contribution in [1.29, 1.82) is 0 Å². The number of sulfonamides is 1. The molecule has 0 bridgehead atoms. The number of nitrogens with one attached hydrogen (secondary N) is 1. The molecule has 2 rings (SSSR count). The van der Waals surface area contributed by atoms with Gasteiger partial charge >= 0.3 is 0 Å². The number of nitrogens with zero attached hydrogens (tertiary/aromatic N) is 2. The SMILES string of the molecule is Cc1ccc(S(=O)(=O)N2CCC(C(=O)NCCN(C)C)CC2)cc1. The lowest BCUT2D eigenvalue weighted by atomic mass is 9.97.